The van der Waals surface area contributed by atoms with Gasteiger partial charge < -0.3 is 5.73 Å². The molecule has 0 saturated carbocycles. The van der Waals surface area contributed by atoms with Crippen LogP contribution in [0.2, 0.25) is 0 Å². The van der Waals surface area contributed by atoms with Gasteiger partial charge in [0.05, 0.1) is 0 Å². The summed E-state index contributed by atoms with van der Waals surface area (Å²) in [6.07, 6.45) is 3.09. The van der Waals surface area contributed by atoms with Crippen molar-refractivity contribution in [1.29, 1.82) is 5.26 Å². The highest BCUT2D eigenvalue weighted by atomic mass is 32.2. The van der Waals surface area contributed by atoms with Crippen LogP contribution in [0, 0.1) is 11.3 Å². The molecule has 0 aliphatic carbocycles. The first-order valence-corrected chi connectivity index (χ1v) is 4.73. The Morgan fingerprint density at radius 3 is 2.92 bits per heavy atom. The Balaban J connectivity index is 2.82. The van der Waals surface area contributed by atoms with E-state index in [1.165, 1.54) is 18.0 Å². The van der Waals surface area contributed by atoms with Gasteiger partial charge in [-0.3, -0.25) is 0 Å². The molecule has 0 radical (unpaired) electrons. The number of nitrogens with zero attached hydrogens (tertiary/aromatic N) is 3. The van der Waals surface area contributed by atoms with E-state index in [-0.39, 0.29) is 5.25 Å². The highest BCUT2D eigenvalue weighted by molar-refractivity contribution is 7.99. The molecule has 0 aliphatic rings. The Morgan fingerprint density at radius 1 is 1.62 bits per heavy atom. The Hall–Kier alpha value is -1.12. The quantitative estimate of drug-likeness (QED) is 0.720. The monoisotopic (exact) mass is 194 g/mol. The minimum absolute atomic E-state index is 0.254. The fraction of sp³-hybridized carbons (Fsp3) is 0.375. The maximum atomic E-state index is 8.71. The molecule has 0 aliphatic heterocycles. The van der Waals surface area contributed by atoms with Gasteiger partial charge in [0.1, 0.15) is 11.1 Å². The van der Waals surface area contributed by atoms with E-state index < -0.39 is 0 Å². The summed E-state index contributed by atoms with van der Waals surface area (Å²) in [5, 5.41) is 9.62. The van der Waals surface area contributed by atoms with E-state index in [9.17, 15) is 0 Å². The standard InChI is InChI=1S/C8H10N4S/c1-6(4-9)13-8-7(5-10)11-2-3-12-8/h2-3,6H,4,9H2,1H3. The second kappa shape index (κ2) is 4.80. The van der Waals surface area contributed by atoms with Crippen LogP contribution in [0.3, 0.4) is 0 Å². The second-order valence-electron chi connectivity index (χ2n) is 2.49. The smallest absolute Gasteiger partial charge is 0.172 e. The highest BCUT2D eigenvalue weighted by Crippen LogP contribution is 2.21. The Kier molecular flexibility index (Phi) is 3.68. The van der Waals surface area contributed by atoms with Gasteiger partial charge in [0.25, 0.3) is 0 Å². The molecule has 0 aromatic carbocycles. The van der Waals surface area contributed by atoms with E-state index in [2.05, 4.69) is 9.97 Å². The van der Waals surface area contributed by atoms with Crippen molar-refractivity contribution in [2.24, 2.45) is 5.73 Å². The number of nitrogens with two attached hydrogens (primary N) is 1. The minimum Gasteiger partial charge on any atom is -0.329 e. The number of hydrogen-bond acceptors (Lipinski definition) is 5. The molecule has 1 atom stereocenters. The topological polar surface area (TPSA) is 75.6 Å². The summed E-state index contributed by atoms with van der Waals surface area (Å²) in [5.41, 5.74) is 5.83. The van der Waals surface area contributed by atoms with Gasteiger partial charge in [0.2, 0.25) is 0 Å². The van der Waals surface area contributed by atoms with E-state index >= 15 is 0 Å². The van der Waals surface area contributed by atoms with Gasteiger partial charge in [-0.05, 0) is 0 Å². The molecule has 2 N–H and O–H groups in total. The first-order valence-electron chi connectivity index (χ1n) is 3.85. The molecule has 0 amide bonds. The molecule has 1 aromatic rings. The van der Waals surface area contributed by atoms with E-state index in [0.717, 1.165) is 0 Å². The zero-order valence-electron chi connectivity index (χ0n) is 7.27. The van der Waals surface area contributed by atoms with Crippen LogP contribution in [0.5, 0.6) is 0 Å². The van der Waals surface area contributed by atoms with Crippen molar-refractivity contribution in [3.05, 3.63) is 18.1 Å². The molecular weight excluding hydrogens is 184 g/mol. The maximum Gasteiger partial charge on any atom is 0.172 e. The zero-order chi connectivity index (χ0) is 9.68. The number of rotatable bonds is 3. The summed E-state index contributed by atoms with van der Waals surface area (Å²) in [4.78, 5) is 7.96. The van der Waals surface area contributed by atoms with Crippen molar-refractivity contribution in [3.8, 4) is 6.07 Å². The maximum absolute atomic E-state index is 8.71. The zero-order valence-corrected chi connectivity index (χ0v) is 8.08. The second-order valence-corrected chi connectivity index (χ2v) is 3.91. The lowest BCUT2D eigenvalue weighted by atomic mass is 10.5. The first-order chi connectivity index (χ1) is 6.27. The van der Waals surface area contributed by atoms with Gasteiger partial charge in [-0.1, -0.05) is 18.7 Å². The average molecular weight is 194 g/mol. The molecule has 4 nitrogen and oxygen atoms in total. The van der Waals surface area contributed by atoms with Gasteiger partial charge in [0, 0.05) is 24.2 Å². The van der Waals surface area contributed by atoms with Crippen LogP contribution in [0.25, 0.3) is 0 Å². The van der Waals surface area contributed by atoms with Crippen molar-refractivity contribution in [2.75, 3.05) is 6.54 Å². The molecule has 0 fully saturated rings. The van der Waals surface area contributed by atoms with Crippen molar-refractivity contribution >= 4 is 11.8 Å². The molecule has 1 aromatic heterocycles. The van der Waals surface area contributed by atoms with Crippen molar-refractivity contribution in [1.82, 2.24) is 9.97 Å². The third-order valence-electron chi connectivity index (χ3n) is 1.42. The van der Waals surface area contributed by atoms with E-state index in [1.807, 2.05) is 13.0 Å². The first kappa shape index (κ1) is 9.96. The number of hydrogen-bond donors (Lipinski definition) is 1. The summed E-state index contributed by atoms with van der Waals surface area (Å²) >= 11 is 1.47. The Morgan fingerprint density at radius 2 is 2.31 bits per heavy atom. The number of thioether (sulfide) groups is 1. The molecule has 0 spiro atoms. The van der Waals surface area contributed by atoms with Crippen molar-refractivity contribution in [2.45, 2.75) is 17.2 Å². The third kappa shape index (κ3) is 2.68. The number of aromatic nitrogens is 2. The Labute approximate surface area is 81.2 Å². The summed E-state index contributed by atoms with van der Waals surface area (Å²) in [6, 6.07) is 1.99. The van der Waals surface area contributed by atoms with Crippen molar-refractivity contribution in [3.63, 3.8) is 0 Å². The normalized spacial score (nSPS) is 12.1. The lowest BCUT2D eigenvalue weighted by Crippen LogP contribution is -2.13. The SMILES string of the molecule is CC(CN)Sc1nccnc1C#N. The van der Waals surface area contributed by atoms with Crippen LogP contribution in [0.15, 0.2) is 17.4 Å². The highest BCUT2D eigenvalue weighted by Gasteiger charge is 2.08. The molecule has 68 valence electrons. The van der Waals surface area contributed by atoms with Gasteiger partial charge in [-0.2, -0.15) is 5.26 Å². The molecule has 1 heterocycles. The molecule has 1 rings (SSSR count). The summed E-state index contributed by atoms with van der Waals surface area (Å²) in [6.45, 7) is 2.55. The lowest BCUT2D eigenvalue weighted by molar-refractivity contribution is 0.936. The fourth-order valence-corrected chi connectivity index (χ4v) is 1.54. The molecule has 0 bridgehead atoms. The predicted octanol–water partition coefficient (Wildman–Crippen LogP) is 0.788. The summed E-state index contributed by atoms with van der Waals surface area (Å²) in [5.74, 6) is 0. The van der Waals surface area contributed by atoms with E-state index in [1.54, 1.807) is 6.20 Å². The Bertz CT molecular complexity index is 320. The van der Waals surface area contributed by atoms with Crippen LogP contribution in [-0.4, -0.2) is 21.8 Å². The minimum atomic E-state index is 0.254. The van der Waals surface area contributed by atoms with Crippen LogP contribution in [-0.2, 0) is 0 Å². The van der Waals surface area contributed by atoms with Gasteiger partial charge >= 0.3 is 0 Å². The van der Waals surface area contributed by atoms with Gasteiger partial charge in [0.15, 0.2) is 5.69 Å². The fourth-order valence-electron chi connectivity index (χ4n) is 0.727. The van der Waals surface area contributed by atoms with Crippen LogP contribution < -0.4 is 5.73 Å². The van der Waals surface area contributed by atoms with Gasteiger partial charge in [-0.15, -0.1) is 0 Å². The van der Waals surface area contributed by atoms with Crippen LogP contribution >= 0.6 is 11.8 Å². The average Bonchev–Trinajstić information content (AvgIpc) is 2.18. The summed E-state index contributed by atoms with van der Waals surface area (Å²) in [7, 11) is 0. The molecule has 0 saturated heterocycles. The van der Waals surface area contributed by atoms with E-state index in [4.69, 9.17) is 11.0 Å². The number of nitriles is 1. The van der Waals surface area contributed by atoms with E-state index in [0.29, 0.717) is 17.3 Å². The molecule has 13 heavy (non-hydrogen) atoms. The largest absolute Gasteiger partial charge is 0.329 e. The van der Waals surface area contributed by atoms with Crippen LogP contribution in [0.1, 0.15) is 12.6 Å². The molecule has 1 unspecified atom stereocenters. The summed E-state index contributed by atoms with van der Waals surface area (Å²) < 4.78 is 0. The van der Waals surface area contributed by atoms with Gasteiger partial charge in [-0.25, -0.2) is 9.97 Å². The predicted molar refractivity (Wildman–Crippen MR) is 51.1 cm³/mol. The third-order valence-corrected chi connectivity index (χ3v) is 2.53. The lowest BCUT2D eigenvalue weighted by Gasteiger charge is -2.06. The van der Waals surface area contributed by atoms with Crippen LogP contribution in [0.4, 0.5) is 0 Å². The van der Waals surface area contributed by atoms with Crippen molar-refractivity contribution < 1.29 is 0 Å². The molecule has 5 heteroatoms. The molecular formula is C8H10N4S.